The van der Waals surface area contributed by atoms with Gasteiger partial charge in [0.15, 0.2) is 5.82 Å². The van der Waals surface area contributed by atoms with Crippen LogP contribution in [0, 0.1) is 6.92 Å². The minimum Gasteiger partial charge on any atom is -0.319 e. The molecule has 1 atom stereocenters. The van der Waals surface area contributed by atoms with Crippen LogP contribution in [-0.4, -0.2) is 34.0 Å². The Hall–Kier alpha value is -1.44. The smallest absolute Gasteiger partial charge is 0.243 e. The Morgan fingerprint density at radius 2 is 2.14 bits per heavy atom. The summed E-state index contributed by atoms with van der Waals surface area (Å²) in [4.78, 5) is 0.220. The first-order valence-electron chi connectivity index (χ1n) is 7.03. The van der Waals surface area contributed by atoms with Gasteiger partial charge in [0.1, 0.15) is 6.33 Å². The van der Waals surface area contributed by atoms with Crippen molar-refractivity contribution in [3.05, 3.63) is 40.9 Å². The number of nitrogens with zero attached hydrogens (tertiary/aromatic N) is 4. The van der Waals surface area contributed by atoms with Gasteiger partial charge in [-0.05, 0) is 37.5 Å². The molecular weight excluding hydrogens is 324 g/mol. The van der Waals surface area contributed by atoms with E-state index in [1.807, 2.05) is 14.0 Å². The van der Waals surface area contributed by atoms with Crippen molar-refractivity contribution in [2.24, 2.45) is 7.05 Å². The lowest BCUT2D eigenvalue weighted by Gasteiger charge is -2.23. The van der Waals surface area contributed by atoms with Gasteiger partial charge < -0.3 is 4.57 Å². The van der Waals surface area contributed by atoms with Gasteiger partial charge in [-0.2, -0.15) is 4.31 Å². The van der Waals surface area contributed by atoms with Crippen molar-refractivity contribution in [2.45, 2.75) is 30.7 Å². The first kappa shape index (κ1) is 15.5. The first-order valence-corrected chi connectivity index (χ1v) is 8.85. The number of aryl methyl sites for hydroxylation is 2. The number of rotatable bonds is 3. The third-order valence-electron chi connectivity index (χ3n) is 4.00. The van der Waals surface area contributed by atoms with Gasteiger partial charge in [-0.25, -0.2) is 8.42 Å². The Morgan fingerprint density at radius 3 is 2.77 bits per heavy atom. The second-order valence-electron chi connectivity index (χ2n) is 5.48. The van der Waals surface area contributed by atoms with Crippen molar-refractivity contribution < 1.29 is 8.42 Å². The van der Waals surface area contributed by atoms with Crippen LogP contribution in [0.5, 0.6) is 0 Å². The Morgan fingerprint density at radius 1 is 1.36 bits per heavy atom. The second-order valence-corrected chi connectivity index (χ2v) is 7.78. The zero-order valence-electron chi connectivity index (χ0n) is 12.4. The molecule has 1 aromatic carbocycles. The van der Waals surface area contributed by atoms with Crippen molar-refractivity contribution in [2.75, 3.05) is 6.54 Å². The van der Waals surface area contributed by atoms with E-state index in [4.69, 9.17) is 11.6 Å². The van der Waals surface area contributed by atoms with Gasteiger partial charge in [-0.3, -0.25) is 0 Å². The largest absolute Gasteiger partial charge is 0.319 e. The molecule has 0 aliphatic carbocycles. The van der Waals surface area contributed by atoms with E-state index in [2.05, 4.69) is 10.2 Å². The molecule has 2 aromatic rings. The van der Waals surface area contributed by atoms with Gasteiger partial charge in [0.2, 0.25) is 10.0 Å². The van der Waals surface area contributed by atoms with Crippen LogP contribution in [0.4, 0.5) is 0 Å². The highest BCUT2D eigenvalue weighted by Gasteiger charge is 2.38. The molecule has 0 spiro atoms. The summed E-state index contributed by atoms with van der Waals surface area (Å²) in [5.74, 6) is 0.666. The van der Waals surface area contributed by atoms with Crippen LogP contribution in [0.2, 0.25) is 5.02 Å². The zero-order valence-corrected chi connectivity index (χ0v) is 14.0. The monoisotopic (exact) mass is 340 g/mol. The molecule has 0 radical (unpaired) electrons. The van der Waals surface area contributed by atoms with Gasteiger partial charge in [0.25, 0.3) is 0 Å². The summed E-state index contributed by atoms with van der Waals surface area (Å²) >= 11 is 6.08. The molecule has 1 aliphatic rings. The van der Waals surface area contributed by atoms with E-state index >= 15 is 0 Å². The molecule has 1 aromatic heterocycles. The molecule has 6 nitrogen and oxygen atoms in total. The summed E-state index contributed by atoms with van der Waals surface area (Å²) < 4.78 is 29.1. The highest BCUT2D eigenvalue weighted by molar-refractivity contribution is 7.89. The number of hydrogen-bond donors (Lipinski definition) is 0. The van der Waals surface area contributed by atoms with Crippen molar-refractivity contribution >= 4 is 21.6 Å². The number of halogens is 1. The minimum atomic E-state index is -3.60. The van der Waals surface area contributed by atoms with Crippen LogP contribution in [0.1, 0.15) is 30.3 Å². The molecule has 1 aliphatic heterocycles. The molecule has 0 amide bonds. The average Bonchev–Trinajstić information content (AvgIpc) is 3.10. The summed E-state index contributed by atoms with van der Waals surface area (Å²) in [6.45, 7) is 2.32. The lowest BCUT2D eigenvalue weighted by molar-refractivity contribution is 0.376. The molecule has 0 bridgehead atoms. The van der Waals surface area contributed by atoms with Crippen LogP contribution in [-0.2, 0) is 17.1 Å². The molecule has 8 heteroatoms. The predicted molar refractivity (Wildman–Crippen MR) is 83.1 cm³/mol. The Kier molecular flexibility index (Phi) is 3.96. The molecule has 118 valence electrons. The molecular formula is C14H17ClN4O2S. The molecule has 1 saturated heterocycles. The van der Waals surface area contributed by atoms with Crippen LogP contribution >= 0.6 is 11.6 Å². The maximum Gasteiger partial charge on any atom is 0.243 e. The van der Waals surface area contributed by atoms with E-state index in [1.165, 1.54) is 10.4 Å². The van der Waals surface area contributed by atoms with E-state index in [9.17, 15) is 8.42 Å². The maximum atomic E-state index is 12.9. The number of hydrogen-bond acceptors (Lipinski definition) is 4. The van der Waals surface area contributed by atoms with Crippen LogP contribution in [0.3, 0.4) is 0 Å². The molecule has 0 unspecified atom stereocenters. The molecule has 1 fully saturated rings. The summed E-state index contributed by atoms with van der Waals surface area (Å²) in [6, 6.07) is 4.56. The fraction of sp³-hybridized carbons (Fsp3) is 0.429. The number of benzene rings is 1. The standard InChI is InChI=1S/C14H17ClN4O2S/c1-10-5-6-11(8-12(10)15)22(20,21)19-7-3-4-13(19)14-17-16-9-18(14)2/h5-6,8-9,13H,3-4,7H2,1-2H3/t13-/m1/s1. The summed E-state index contributed by atoms with van der Waals surface area (Å²) in [5.41, 5.74) is 0.854. The lowest BCUT2D eigenvalue weighted by atomic mass is 10.2. The van der Waals surface area contributed by atoms with Crippen molar-refractivity contribution in [1.29, 1.82) is 0 Å². The van der Waals surface area contributed by atoms with E-state index in [0.717, 1.165) is 18.4 Å². The summed E-state index contributed by atoms with van der Waals surface area (Å²) in [5, 5.41) is 8.37. The van der Waals surface area contributed by atoms with Crippen molar-refractivity contribution in [1.82, 2.24) is 19.1 Å². The van der Waals surface area contributed by atoms with Crippen LogP contribution in [0.25, 0.3) is 0 Å². The number of aromatic nitrogens is 3. The SMILES string of the molecule is Cc1ccc(S(=O)(=O)N2CCC[C@@H]2c2nncn2C)cc1Cl. The highest BCUT2D eigenvalue weighted by Crippen LogP contribution is 2.36. The lowest BCUT2D eigenvalue weighted by Crippen LogP contribution is -2.32. The number of sulfonamides is 1. The summed E-state index contributed by atoms with van der Waals surface area (Å²) in [6.07, 6.45) is 3.13. The predicted octanol–water partition coefficient (Wildman–Crippen LogP) is 2.30. The van der Waals surface area contributed by atoms with E-state index in [1.54, 1.807) is 23.0 Å². The fourth-order valence-electron chi connectivity index (χ4n) is 2.75. The topological polar surface area (TPSA) is 68.1 Å². The third-order valence-corrected chi connectivity index (χ3v) is 6.31. The third kappa shape index (κ3) is 2.53. The molecule has 0 saturated carbocycles. The van der Waals surface area contributed by atoms with Gasteiger partial charge >= 0.3 is 0 Å². The van der Waals surface area contributed by atoms with Gasteiger partial charge in [0.05, 0.1) is 10.9 Å². The Balaban J connectivity index is 2.00. The fourth-order valence-corrected chi connectivity index (χ4v) is 4.68. The van der Waals surface area contributed by atoms with Crippen molar-refractivity contribution in [3.63, 3.8) is 0 Å². The molecule has 2 heterocycles. The average molecular weight is 341 g/mol. The van der Waals surface area contributed by atoms with E-state index < -0.39 is 10.0 Å². The van der Waals surface area contributed by atoms with E-state index in [0.29, 0.717) is 17.4 Å². The van der Waals surface area contributed by atoms with Crippen LogP contribution in [0.15, 0.2) is 29.4 Å². The molecule has 22 heavy (non-hydrogen) atoms. The summed E-state index contributed by atoms with van der Waals surface area (Å²) in [7, 11) is -1.78. The molecule has 3 rings (SSSR count). The van der Waals surface area contributed by atoms with Crippen LogP contribution < -0.4 is 0 Å². The molecule has 0 N–H and O–H groups in total. The maximum absolute atomic E-state index is 12.9. The van der Waals surface area contributed by atoms with Gasteiger partial charge in [-0.1, -0.05) is 17.7 Å². The quantitative estimate of drug-likeness (QED) is 0.859. The Bertz CT molecular complexity index is 803. The van der Waals surface area contributed by atoms with Gasteiger partial charge in [0, 0.05) is 18.6 Å². The normalized spacial score (nSPS) is 19.7. The Labute approximate surface area is 134 Å². The van der Waals surface area contributed by atoms with E-state index in [-0.39, 0.29) is 10.9 Å². The van der Waals surface area contributed by atoms with Crippen molar-refractivity contribution in [3.8, 4) is 0 Å². The van der Waals surface area contributed by atoms with Gasteiger partial charge in [-0.15, -0.1) is 10.2 Å². The highest BCUT2D eigenvalue weighted by atomic mass is 35.5. The second kappa shape index (κ2) is 5.64. The minimum absolute atomic E-state index is 0.220. The first-order chi connectivity index (χ1) is 10.4. The zero-order chi connectivity index (χ0) is 15.9.